The van der Waals surface area contributed by atoms with Crippen molar-refractivity contribution in [3.05, 3.63) is 58.8 Å². The van der Waals surface area contributed by atoms with E-state index in [2.05, 4.69) is 35.3 Å². The normalized spacial score (nSPS) is 15.5. The van der Waals surface area contributed by atoms with Crippen LogP contribution in [-0.4, -0.2) is 28.6 Å². The molecular weight excluding hydrogens is 306 g/mol. The fourth-order valence-electron chi connectivity index (χ4n) is 2.94. The number of urea groups is 1. The summed E-state index contributed by atoms with van der Waals surface area (Å²) in [5.74, 6) is 0. The second kappa shape index (κ2) is 6.01. The number of amides is 2. The van der Waals surface area contributed by atoms with Gasteiger partial charge in [-0.3, -0.25) is 4.57 Å². The van der Waals surface area contributed by atoms with Gasteiger partial charge in [-0.15, -0.1) is 11.3 Å². The van der Waals surface area contributed by atoms with Gasteiger partial charge in [0.25, 0.3) is 0 Å². The number of carbonyl (C=O) groups excluding carboxylic acids is 1. The lowest BCUT2D eigenvalue weighted by Crippen LogP contribution is -2.27. The average molecular weight is 323 g/mol. The molecule has 1 aliphatic heterocycles. The molecule has 23 heavy (non-hydrogen) atoms. The molecule has 2 heterocycles. The minimum absolute atomic E-state index is 0.125. The average Bonchev–Trinajstić information content (AvgIpc) is 3.26. The Bertz CT molecular complexity index is 919. The van der Waals surface area contributed by atoms with Crippen LogP contribution < -0.4 is 4.80 Å². The minimum atomic E-state index is -0.125. The molecule has 4 rings (SSSR count). The smallest absolute Gasteiger partial charge is 0.323 e. The number of benzene rings is 2. The van der Waals surface area contributed by atoms with Gasteiger partial charge in [0.2, 0.25) is 0 Å². The van der Waals surface area contributed by atoms with Gasteiger partial charge in [0.05, 0.1) is 0 Å². The third-order valence-corrected chi connectivity index (χ3v) is 4.93. The van der Waals surface area contributed by atoms with Gasteiger partial charge in [0.1, 0.15) is 0 Å². The Hall–Kier alpha value is -2.40. The molecule has 0 saturated carbocycles. The van der Waals surface area contributed by atoms with Crippen LogP contribution in [-0.2, 0) is 0 Å². The molecule has 116 valence electrons. The summed E-state index contributed by atoms with van der Waals surface area (Å²) in [4.78, 5) is 19.1. The minimum Gasteiger partial charge on any atom is -0.323 e. The Morgan fingerprint density at radius 3 is 2.65 bits per heavy atom. The number of nitrogens with zero attached hydrogens (tertiary/aromatic N) is 3. The monoisotopic (exact) mass is 323 g/mol. The van der Waals surface area contributed by atoms with Gasteiger partial charge in [-0.05, 0) is 35.7 Å². The molecule has 0 radical (unpaired) electrons. The van der Waals surface area contributed by atoms with Crippen molar-refractivity contribution in [1.82, 2.24) is 9.47 Å². The molecule has 0 spiro atoms. The van der Waals surface area contributed by atoms with Gasteiger partial charge in [-0.2, -0.15) is 4.99 Å². The van der Waals surface area contributed by atoms with Crippen LogP contribution in [0.4, 0.5) is 4.79 Å². The van der Waals surface area contributed by atoms with E-state index >= 15 is 0 Å². The Morgan fingerprint density at radius 1 is 1.04 bits per heavy atom. The Labute approximate surface area is 138 Å². The number of fused-ring (bicyclic) bond motifs is 1. The molecule has 1 aromatic heterocycles. The standard InChI is InChI=1S/C18H17N3OS/c22-17(20-9-3-4-10-20)19-18-21(11-12-23-18)16-8-7-14-5-1-2-6-15(14)13-16/h1-2,5-8,11-13H,3-4,9-10H2/b19-18-. The van der Waals surface area contributed by atoms with Crippen LogP contribution in [0.2, 0.25) is 0 Å². The van der Waals surface area contributed by atoms with Crippen LogP contribution in [0.1, 0.15) is 12.8 Å². The summed E-state index contributed by atoms with van der Waals surface area (Å²) < 4.78 is 1.98. The first-order chi connectivity index (χ1) is 11.3. The molecule has 0 bridgehead atoms. The fraction of sp³-hybridized carbons (Fsp3) is 0.222. The van der Waals surface area contributed by atoms with Crippen molar-refractivity contribution in [2.45, 2.75) is 12.8 Å². The molecule has 3 aromatic rings. The van der Waals surface area contributed by atoms with Crippen molar-refractivity contribution >= 4 is 28.1 Å². The molecular formula is C18H17N3OS. The van der Waals surface area contributed by atoms with Crippen molar-refractivity contribution in [2.24, 2.45) is 4.99 Å². The SMILES string of the molecule is O=C(/N=c1\sccn1-c1ccc2ccccc2c1)N1CCCC1. The second-order valence-corrected chi connectivity index (χ2v) is 6.55. The van der Waals surface area contributed by atoms with E-state index in [0.717, 1.165) is 36.4 Å². The Kier molecular flexibility index (Phi) is 3.71. The van der Waals surface area contributed by atoms with Gasteiger partial charge >= 0.3 is 6.03 Å². The van der Waals surface area contributed by atoms with E-state index in [0.29, 0.717) is 0 Å². The molecule has 4 nitrogen and oxygen atoms in total. The number of rotatable bonds is 1. The molecule has 1 fully saturated rings. The summed E-state index contributed by atoms with van der Waals surface area (Å²) in [5, 5.41) is 4.35. The maximum atomic E-state index is 12.3. The highest BCUT2D eigenvalue weighted by Gasteiger charge is 2.17. The summed E-state index contributed by atoms with van der Waals surface area (Å²) in [7, 11) is 0. The largest absolute Gasteiger partial charge is 0.346 e. The van der Waals surface area contributed by atoms with E-state index in [-0.39, 0.29) is 6.03 Å². The zero-order chi connectivity index (χ0) is 15.6. The molecule has 1 saturated heterocycles. The highest BCUT2D eigenvalue weighted by molar-refractivity contribution is 7.07. The van der Waals surface area contributed by atoms with E-state index in [9.17, 15) is 4.79 Å². The molecule has 2 aromatic carbocycles. The molecule has 0 unspecified atom stereocenters. The quantitative estimate of drug-likeness (QED) is 0.671. The summed E-state index contributed by atoms with van der Waals surface area (Å²) in [5.41, 5.74) is 1.03. The van der Waals surface area contributed by atoms with Crippen molar-refractivity contribution in [3.63, 3.8) is 0 Å². The molecule has 1 aliphatic rings. The summed E-state index contributed by atoms with van der Waals surface area (Å²) in [6.45, 7) is 1.65. The first-order valence-corrected chi connectivity index (χ1v) is 8.68. The molecule has 0 atom stereocenters. The van der Waals surface area contributed by atoms with Gasteiger partial charge < -0.3 is 4.90 Å². The zero-order valence-corrected chi connectivity index (χ0v) is 13.5. The van der Waals surface area contributed by atoms with Gasteiger partial charge in [-0.1, -0.05) is 30.3 Å². The van der Waals surface area contributed by atoms with Crippen LogP contribution in [0.15, 0.2) is 59.0 Å². The van der Waals surface area contributed by atoms with E-state index in [4.69, 9.17) is 0 Å². The molecule has 5 heteroatoms. The summed E-state index contributed by atoms with van der Waals surface area (Å²) in [6, 6.07) is 14.4. The second-order valence-electron chi connectivity index (χ2n) is 5.68. The van der Waals surface area contributed by atoms with Gasteiger partial charge in [0, 0.05) is 30.4 Å². The maximum absolute atomic E-state index is 12.3. The number of hydrogen-bond acceptors (Lipinski definition) is 2. The predicted molar refractivity (Wildman–Crippen MR) is 92.9 cm³/mol. The number of carbonyl (C=O) groups is 1. The van der Waals surface area contributed by atoms with Crippen molar-refractivity contribution < 1.29 is 4.79 Å². The van der Waals surface area contributed by atoms with Crippen LogP contribution in [0, 0.1) is 0 Å². The maximum Gasteiger partial charge on any atom is 0.346 e. The first-order valence-electron chi connectivity index (χ1n) is 7.80. The number of aromatic nitrogens is 1. The third-order valence-electron chi connectivity index (χ3n) is 4.17. The number of likely N-dealkylation sites (tertiary alicyclic amines) is 1. The van der Waals surface area contributed by atoms with Crippen molar-refractivity contribution in [3.8, 4) is 5.69 Å². The predicted octanol–water partition coefficient (Wildman–Crippen LogP) is 3.81. The van der Waals surface area contributed by atoms with Gasteiger partial charge in [0.15, 0.2) is 4.80 Å². The topological polar surface area (TPSA) is 37.6 Å². The lowest BCUT2D eigenvalue weighted by molar-refractivity contribution is 0.218. The molecule has 0 N–H and O–H groups in total. The highest BCUT2D eigenvalue weighted by atomic mass is 32.1. The van der Waals surface area contributed by atoms with E-state index in [1.807, 2.05) is 33.2 Å². The van der Waals surface area contributed by atoms with Gasteiger partial charge in [-0.25, -0.2) is 4.79 Å². The number of hydrogen-bond donors (Lipinski definition) is 0. The lowest BCUT2D eigenvalue weighted by Gasteiger charge is -2.10. The van der Waals surface area contributed by atoms with Crippen LogP contribution in [0.3, 0.4) is 0 Å². The Morgan fingerprint density at radius 2 is 1.83 bits per heavy atom. The highest BCUT2D eigenvalue weighted by Crippen LogP contribution is 2.18. The third kappa shape index (κ3) is 2.80. The van der Waals surface area contributed by atoms with E-state index < -0.39 is 0 Å². The zero-order valence-electron chi connectivity index (χ0n) is 12.7. The van der Waals surface area contributed by atoms with E-state index in [1.165, 1.54) is 22.1 Å². The van der Waals surface area contributed by atoms with Crippen molar-refractivity contribution in [1.29, 1.82) is 0 Å². The van der Waals surface area contributed by atoms with Crippen LogP contribution >= 0.6 is 11.3 Å². The van der Waals surface area contributed by atoms with Crippen molar-refractivity contribution in [2.75, 3.05) is 13.1 Å². The van der Waals surface area contributed by atoms with Crippen LogP contribution in [0.5, 0.6) is 0 Å². The first kappa shape index (κ1) is 14.2. The Balaban J connectivity index is 1.74. The lowest BCUT2D eigenvalue weighted by atomic mass is 10.1. The molecule has 0 aliphatic carbocycles. The number of thiazole rings is 1. The summed E-state index contributed by atoms with van der Waals surface area (Å²) in [6.07, 6.45) is 4.12. The fourth-order valence-corrected chi connectivity index (χ4v) is 3.65. The van der Waals surface area contributed by atoms with Crippen LogP contribution in [0.25, 0.3) is 16.5 Å². The van der Waals surface area contributed by atoms with E-state index in [1.54, 1.807) is 0 Å². The summed E-state index contributed by atoms with van der Waals surface area (Å²) >= 11 is 1.49. The molecule has 2 amide bonds.